The molecule has 58 valence electrons. The van der Waals surface area contributed by atoms with Gasteiger partial charge in [-0.1, -0.05) is 6.08 Å². The van der Waals surface area contributed by atoms with Crippen molar-refractivity contribution >= 4 is 0 Å². The number of quaternary nitrogens is 1. The van der Waals surface area contributed by atoms with Crippen LogP contribution in [-0.4, -0.2) is 31.2 Å². The van der Waals surface area contributed by atoms with Crippen LogP contribution in [0.15, 0.2) is 12.2 Å². The highest BCUT2D eigenvalue weighted by molar-refractivity contribution is 4.77. The largest absolute Gasteiger partial charge is 0.323 e. The lowest BCUT2D eigenvalue weighted by Crippen LogP contribution is -2.40. The van der Waals surface area contributed by atoms with E-state index in [0.717, 1.165) is 0 Å². The van der Waals surface area contributed by atoms with E-state index in [0.29, 0.717) is 0 Å². The molecule has 0 atom stereocenters. The molecule has 0 aromatic carbocycles. The third-order valence-electron chi connectivity index (χ3n) is 2.43. The summed E-state index contributed by atoms with van der Waals surface area (Å²) in [6.45, 7) is 6.09. The van der Waals surface area contributed by atoms with Gasteiger partial charge in [0.2, 0.25) is 0 Å². The van der Waals surface area contributed by atoms with E-state index < -0.39 is 0 Å². The Kier molecular flexibility index (Phi) is 2.50. The van der Waals surface area contributed by atoms with Crippen molar-refractivity contribution in [3.05, 3.63) is 12.2 Å². The Balaban J connectivity index is 2.35. The van der Waals surface area contributed by atoms with Gasteiger partial charge in [0.15, 0.2) is 0 Å². The number of likely N-dealkylation sites (tertiary alicyclic amines) is 1. The summed E-state index contributed by atoms with van der Waals surface area (Å²) in [5.41, 5.74) is 0. The number of nitrogens with zero attached hydrogens (tertiary/aromatic N) is 1. The molecule has 0 aromatic rings. The Hall–Kier alpha value is -0.300. The molecule has 0 aliphatic carbocycles. The van der Waals surface area contributed by atoms with Crippen LogP contribution in [0.2, 0.25) is 0 Å². The van der Waals surface area contributed by atoms with Crippen molar-refractivity contribution < 1.29 is 4.48 Å². The van der Waals surface area contributed by atoms with E-state index in [4.69, 9.17) is 0 Å². The number of hydrogen-bond acceptors (Lipinski definition) is 0. The molecule has 0 saturated carbocycles. The topological polar surface area (TPSA) is 0 Å². The first-order valence-corrected chi connectivity index (χ1v) is 4.21. The van der Waals surface area contributed by atoms with Crippen molar-refractivity contribution in [2.45, 2.75) is 19.8 Å². The summed E-state index contributed by atoms with van der Waals surface area (Å²) < 4.78 is 1.27. The molecule has 0 aromatic heterocycles. The van der Waals surface area contributed by atoms with Gasteiger partial charge in [0, 0.05) is 12.8 Å². The minimum absolute atomic E-state index is 1.23. The second-order valence-corrected chi connectivity index (χ2v) is 3.53. The molecule has 10 heavy (non-hydrogen) atoms. The molecule has 1 saturated heterocycles. The molecule has 1 aliphatic heterocycles. The van der Waals surface area contributed by atoms with E-state index in [1.54, 1.807) is 0 Å². The Morgan fingerprint density at radius 2 is 1.90 bits per heavy atom. The quantitative estimate of drug-likeness (QED) is 0.405. The van der Waals surface area contributed by atoms with E-state index >= 15 is 0 Å². The van der Waals surface area contributed by atoms with Gasteiger partial charge >= 0.3 is 0 Å². The minimum atomic E-state index is 1.23. The molecule has 0 radical (unpaired) electrons. The maximum absolute atomic E-state index is 2.35. The van der Waals surface area contributed by atoms with E-state index in [2.05, 4.69) is 26.1 Å². The predicted octanol–water partition coefficient (Wildman–Crippen LogP) is 1.80. The molecule has 1 heterocycles. The molecule has 1 nitrogen and oxygen atoms in total. The summed E-state index contributed by atoms with van der Waals surface area (Å²) in [5, 5.41) is 0. The van der Waals surface area contributed by atoms with Crippen LogP contribution in [0.1, 0.15) is 19.8 Å². The van der Waals surface area contributed by atoms with Gasteiger partial charge in [0.05, 0.1) is 26.7 Å². The van der Waals surface area contributed by atoms with Gasteiger partial charge < -0.3 is 4.48 Å². The van der Waals surface area contributed by atoms with Crippen LogP contribution >= 0.6 is 0 Å². The fraction of sp³-hybridized carbons (Fsp3) is 0.778. The van der Waals surface area contributed by atoms with Gasteiger partial charge in [-0.2, -0.15) is 0 Å². The summed E-state index contributed by atoms with van der Waals surface area (Å²) in [6.07, 6.45) is 7.29. The average Bonchev–Trinajstić information content (AvgIpc) is 2.33. The Morgan fingerprint density at radius 1 is 1.30 bits per heavy atom. The molecule has 1 rings (SSSR count). The molecular formula is C9H18N+. The first-order chi connectivity index (χ1) is 4.77. The molecule has 0 amide bonds. The first-order valence-electron chi connectivity index (χ1n) is 4.21. The molecule has 1 heteroatoms. The van der Waals surface area contributed by atoms with E-state index in [1.165, 1.54) is 37.0 Å². The lowest BCUT2D eigenvalue weighted by atomic mass is 10.4. The van der Waals surface area contributed by atoms with Crippen molar-refractivity contribution in [2.24, 2.45) is 0 Å². The molecule has 0 N–H and O–H groups in total. The van der Waals surface area contributed by atoms with E-state index in [-0.39, 0.29) is 0 Å². The normalized spacial score (nSPS) is 24.2. The lowest BCUT2D eigenvalue weighted by molar-refractivity contribution is -0.891. The highest BCUT2D eigenvalue weighted by Crippen LogP contribution is 2.15. The van der Waals surface area contributed by atoms with Gasteiger partial charge in [-0.25, -0.2) is 0 Å². The van der Waals surface area contributed by atoms with Gasteiger partial charge in [0.1, 0.15) is 0 Å². The van der Waals surface area contributed by atoms with Crippen LogP contribution in [0.3, 0.4) is 0 Å². The third-order valence-corrected chi connectivity index (χ3v) is 2.43. The Bertz CT molecular complexity index is 121. The molecule has 0 spiro atoms. The SMILES string of the molecule is C/C=C/C[N+]1(C)CCCC1. The van der Waals surface area contributed by atoms with Crippen LogP contribution in [0, 0.1) is 0 Å². The second-order valence-electron chi connectivity index (χ2n) is 3.53. The Labute approximate surface area is 63.9 Å². The standard InChI is InChI=1S/C9H18N/c1-3-4-7-10(2)8-5-6-9-10/h3-4H,5-9H2,1-2H3/q+1/b4-3+. The highest BCUT2D eigenvalue weighted by Gasteiger charge is 2.24. The number of rotatable bonds is 2. The van der Waals surface area contributed by atoms with Gasteiger partial charge in [-0.3, -0.25) is 0 Å². The van der Waals surface area contributed by atoms with Crippen LogP contribution in [0.4, 0.5) is 0 Å². The van der Waals surface area contributed by atoms with Crippen molar-refractivity contribution in [2.75, 3.05) is 26.7 Å². The van der Waals surface area contributed by atoms with Crippen molar-refractivity contribution in [3.8, 4) is 0 Å². The molecule has 1 aliphatic rings. The second kappa shape index (κ2) is 3.20. The summed E-state index contributed by atoms with van der Waals surface area (Å²) >= 11 is 0. The lowest BCUT2D eigenvalue weighted by Gasteiger charge is -2.27. The van der Waals surface area contributed by atoms with Crippen LogP contribution in [-0.2, 0) is 0 Å². The highest BCUT2D eigenvalue weighted by atomic mass is 15.3. The predicted molar refractivity (Wildman–Crippen MR) is 44.8 cm³/mol. The van der Waals surface area contributed by atoms with Crippen LogP contribution in [0.5, 0.6) is 0 Å². The molecule has 0 unspecified atom stereocenters. The molecular weight excluding hydrogens is 122 g/mol. The van der Waals surface area contributed by atoms with E-state index in [9.17, 15) is 0 Å². The number of allylic oxidation sites excluding steroid dienone is 1. The smallest absolute Gasteiger partial charge is 0.0971 e. The zero-order valence-corrected chi connectivity index (χ0v) is 7.14. The summed E-state index contributed by atoms with van der Waals surface area (Å²) in [4.78, 5) is 0. The zero-order chi connectivity index (χ0) is 7.45. The maximum Gasteiger partial charge on any atom is 0.0971 e. The van der Waals surface area contributed by atoms with Gasteiger partial charge in [-0.15, -0.1) is 0 Å². The molecule has 1 fully saturated rings. The monoisotopic (exact) mass is 140 g/mol. The van der Waals surface area contributed by atoms with Gasteiger partial charge in [-0.05, 0) is 13.0 Å². The van der Waals surface area contributed by atoms with Crippen molar-refractivity contribution in [1.82, 2.24) is 0 Å². The minimum Gasteiger partial charge on any atom is -0.323 e. The fourth-order valence-electron chi connectivity index (χ4n) is 1.64. The first kappa shape index (κ1) is 7.80. The van der Waals surface area contributed by atoms with Crippen molar-refractivity contribution in [1.29, 1.82) is 0 Å². The number of likely N-dealkylation sites (N-methyl/N-ethyl adjacent to an activating group) is 1. The average molecular weight is 140 g/mol. The summed E-state index contributed by atoms with van der Waals surface area (Å²) in [6, 6.07) is 0. The van der Waals surface area contributed by atoms with Gasteiger partial charge in [0.25, 0.3) is 0 Å². The molecule has 0 bridgehead atoms. The maximum atomic E-state index is 2.35. The van der Waals surface area contributed by atoms with Crippen LogP contribution in [0.25, 0.3) is 0 Å². The Morgan fingerprint density at radius 3 is 2.40 bits per heavy atom. The summed E-state index contributed by atoms with van der Waals surface area (Å²) in [7, 11) is 2.35. The number of hydrogen-bond donors (Lipinski definition) is 0. The summed E-state index contributed by atoms with van der Waals surface area (Å²) in [5.74, 6) is 0. The third kappa shape index (κ3) is 1.84. The zero-order valence-electron chi connectivity index (χ0n) is 7.14. The van der Waals surface area contributed by atoms with E-state index in [1.807, 2.05) is 0 Å². The van der Waals surface area contributed by atoms with Crippen molar-refractivity contribution in [3.63, 3.8) is 0 Å². The fourth-order valence-corrected chi connectivity index (χ4v) is 1.64. The van der Waals surface area contributed by atoms with Crippen LogP contribution < -0.4 is 0 Å².